The van der Waals surface area contributed by atoms with Crippen LogP contribution in [0.1, 0.15) is 20.8 Å². The SMILES string of the molecule is O=C(O)c1cc2cc(Br)ccc2nc1C(=O)O. The molecule has 5 nitrogen and oxygen atoms in total. The van der Waals surface area contributed by atoms with Crippen molar-refractivity contribution in [3.05, 3.63) is 40.0 Å². The molecule has 0 aliphatic rings. The largest absolute Gasteiger partial charge is 0.478 e. The van der Waals surface area contributed by atoms with Crippen molar-refractivity contribution in [2.75, 3.05) is 0 Å². The van der Waals surface area contributed by atoms with E-state index in [1.165, 1.54) is 6.07 Å². The Morgan fingerprint density at radius 3 is 2.41 bits per heavy atom. The highest BCUT2D eigenvalue weighted by atomic mass is 79.9. The Morgan fingerprint density at radius 2 is 1.82 bits per heavy atom. The third kappa shape index (κ3) is 2.12. The van der Waals surface area contributed by atoms with E-state index < -0.39 is 17.6 Å². The Hall–Kier alpha value is -1.95. The van der Waals surface area contributed by atoms with E-state index in [0.29, 0.717) is 10.9 Å². The second-order valence-corrected chi connectivity index (χ2v) is 4.25. The first-order valence-electron chi connectivity index (χ1n) is 4.56. The number of rotatable bonds is 2. The van der Waals surface area contributed by atoms with Gasteiger partial charge in [0.05, 0.1) is 11.1 Å². The molecule has 0 aliphatic heterocycles. The molecule has 0 amide bonds. The van der Waals surface area contributed by atoms with Gasteiger partial charge in [0.25, 0.3) is 0 Å². The summed E-state index contributed by atoms with van der Waals surface area (Å²) in [6, 6.07) is 6.32. The number of hydrogen-bond acceptors (Lipinski definition) is 3. The number of pyridine rings is 1. The van der Waals surface area contributed by atoms with E-state index in [9.17, 15) is 9.59 Å². The van der Waals surface area contributed by atoms with Crippen molar-refractivity contribution < 1.29 is 19.8 Å². The fourth-order valence-electron chi connectivity index (χ4n) is 1.47. The number of aromatic carboxylic acids is 2. The highest BCUT2D eigenvalue weighted by Gasteiger charge is 2.18. The molecule has 0 bridgehead atoms. The van der Waals surface area contributed by atoms with Crippen LogP contribution < -0.4 is 0 Å². The second kappa shape index (κ2) is 4.14. The van der Waals surface area contributed by atoms with Gasteiger partial charge < -0.3 is 10.2 Å². The Morgan fingerprint density at radius 1 is 1.12 bits per heavy atom. The van der Waals surface area contributed by atoms with Gasteiger partial charge in [-0.05, 0) is 24.3 Å². The molecule has 86 valence electrons. The molecule has 1 heterocycles. The van der Waals surface area contributed by atoms with Gasteiger partial charge in [-0.3, -0.25) is 0 Å². The summed E-state index contributed by atoms with van der Waals surface area (Å²) in [7, 11) is 0. The zero-order chi connectivity index (χ0) is 12.6. The van der Waals surface area contributed by atoms with Crippen molar-refractivity contribution in [2.45, 2.75) is 0 Å². The summed E-state index contributed by atoms with van der Waals surface area (Å²) < 4.78 is 0.770. The first-order valence-corrected chi connectivity index (χ1v) is 5.35. The number of fused-ring (bicyclic) bond motifs is 1. The van der Waals surface area contributed by atoms with Gasteiger partial charge in [0.15, 0.2) is 5.69 Å². The third-order valence-corrected chi connectivity index (χ3v) is 2.70. The minimum atomic E-state index is -1.35. The Labute approximate surface area is 104 Å². The highest BCUT2D eigenvalue weighted by molar-refractivity contribution is 9.10. The van der Waals surface area contributed by atoms with Gasteiger partial charge in [-0.2, -0.15) is 0 Å². The van der Waals surface area contributed by atoms with E-state index in [1.807, 2.05) is 0 Å². The number of carboxylic acid groups (broad SMARTS) is 2. The molecule has 0 saturated heterocycles. The maximum atomic E-state index is 10.9. The van der Waals surface area contributed by atoms with E-state index >= 15 is 0 Å². The van der Waals surface area contributed by atoms with E-state index in [-0.39, 0.29) is 5.56 Å². The average Bonchev–Trinajstić information content (AvgIpc) is 2.26. The number of aromatic nitrogens is 1. The zero-order valence-corrected chi connectivity index (χ0v) is 9.93. The molecular formula is C11H6BrNO4. The highest BCUT2D eigenvalue weighted by Crippen LogP contribution is 2.21. The molecular weight excluding hydrogens is 290 g/mol. The van der Waals surface area contributed by atoms with Crippen LogP contribution in [-0.2, 0) is 0 Å². The van der Waals surface area contributed by atoms with Gasteiger partial charge >= 0.3 is 11.9 Å². The minimum Gasteiger partial charge on any atom is -0.478 e. The molecule has 0 spiro atoms. The predicted octanol–water partition coefficient (Wildman–Crippen LogP) is 2.39. The molecule has 1 aromatic carbocycles. The van der Waals surface area contributed by atoms with Crippen LogP contribution in [-0.4, -0.2) is 27.1 Å². The topological polar surface area (TPSA) is 87.5 Å². The van der Waals surface area contributed by atoms with Gasteiger partial charge in [-0.25, -0.2) is 14.6 Å². The first kappa shape index (κ1) is 11.5. The summed E-state index contributed by atoms with van der Waals surface area (Å²) in [5.41, 5.74) is -0.328. The van der Waals surface area contributed by atoms with Gasteiger partial charge in [-0.1, -0.05) is 15.9 Å². The van der Waals surface area contributed by atoms with E-state index in [4.69, 9.17) is 10.2 Å². The van der Waals surface area contributed by atoms with Crippen LogP contribution in [0.2, 0.25) is 0 Å². The fourth-order valence-corrected chi connectivity index (χ4v) is 1.85. The smallest absolute Gasteiger partial charge is 0.355 e. The molecule has 2 rings (SSSR count). The predicted molar refractivity (Wildman–Crippen MR) is 63.4 cm³/mol. The number of carbonyl (C=O) groups is 2. The molecule has 1 aromatic heterocycles. The Bertz CT molecular complexity index is 639. The summed E-state index contributed by atoms with van der Waals surface area (Å²) in [5, 5.41) is 18.4. The van der Waals surface area contributed by atoms with E-state index in [0.717, 1.165) is 4.47 Å². The molecule has 17 heavy (non-hydrogen) atoms. The van der Waals surface area contributed by atoms with Crippen molar-refractivity contribution in [2.24, 2.45) is 0 Å². The Kier molecular flexibility index (Phi) is 2.81. The number of hydrogen-bond donors (Lipinski definition) is 2. The summed E-state index contributed by atoms with van der Waals surface area (Å²) in [6.07, 6.45) is 0. The van der Waals surface area contributed by atoms with Gasteiger partial charge in [0.2, 0.25) is 0 Å². The molecule has 0 atom stereocenters. The minimum absolute atomic E-state index is 0.317. The number of halogens is 1. The summed E-state index contributed by atoms with van der Waals surface area (Å²) in [6.45, 7) is 0. The molecule has 0 saturated carbocycles. The Balaban J connectivity index is 2.81. The van der Waals surface area contributed by atoms with Crippen molar-refractivity contribution >= 4 is 38.8 Å². The van der Waals surface area contributed by atoms with Gasteiger partial charge in [-0.15, -0.1) is 0 Å². The molecule has 0 fully saturated rings. The van der Waals surface area contributed by atoms with Crippen LogP contribution in [0.15, 0.2) is 28.7 Å². The lowest BCUT2D eigenvalue weighted by Gasteiger charge is -2.04. The summed E-state index contributed by atoms with van der Waals surface area (Å²) >= 11 is 3.25. The maximum absolute atomic E-state index is 10.9. The van der Waals surface area contributed by atoms with E-state index in [2.05, 4.69) is 20.9 Å². The van der Waals surface area contributed by atoms with Crippen LogP contribution in [0.3, 0.4) is 0 Å². The number of benzene rings is 1. The van der Waals surface area contributed by atoms with Crippen molar-refractivity contribution in [1.82, 2.24) is 4.98 Å². The standard InChI is InChI=1S/C11H6BrNO4/c12-6-1-2-8-5(3-6)4-7(10(14)15)9(13-8)11(16)17/h1-4H,(H,14,15)(H,16,17). The van der Waals surface area contributed by atoms with Crippen LogP contribution >= 0.6 is 15.9 Å². The lowest BCUT2D eigenvalue weighted by atomic mass is 10.1. The average molecular weight is 296 g/mol. The quantitative estimate of drug-likeness (QED) is 0.888. The molecule has 0 unspecified atom stereocenters. The maximum Gasteiger partial charge on any atom is 0.355 e. The monoisotopic (exact) mass is 295 g/mol. The fraction of sp³-hybridized carbons (Fsp3) is 0. The lowest BCUT2D eigenvalue weighted by molar-refractivity contribution is 0.0647. The second-order valence-electron chi connectivity index (χ2n) is 3.33. The lowest BCUT2D eigenvalue weighted by Crippen LogP contribution is -2.10. The third-order valence-electron chi connectivity index (χ3n) is 2.21. The van der Waals surface area contributed by atoms with Gasteiger partial charge in [0, 0.05) is 9.86 Å². The normalized spacial score (nSPS) is 10.4. The number of nitrogens with zero attached hydrogens (tertiary/aromatic N) is 1. The molecule has 2 N–H and O–H groups in total. The van der Waals surface area contributed by atoms with Gasteiger partial charge in [0.1, 0.15) is 0 Å². The summed E-state index contributed by atoms with van der Waals surface area (Å²) in [4.78, 5) is 25.7. The molecule has 0 aliphatic carbocycles. The van der Waals surface area contributed by atoms with E-state index in [1.54, 1.807) is 18.2 Å². The molecule has 6 heteroatoms. The van der Waals surface area contributed by atoms with Crippen LogP contribution in [0.25, 0.3) is 10.9 Å². The molecule has 2 aromatic rings. The summed E-state index contributed by atoms with van der Waals surface area (Å²) in [5.74, 6) is -2.66. The van der Waals surface area contributed by atoms with Crippen LogP contribution in [0.4, 0.5) is 0 Å². The van der Waals surface area contributed by atoms with Crippen molar-refractivity contribution in [3.63, 3.8) is 0 Å². The molecule has 0 radical (unpaired) electrons. The van der Waals surface area contributed by atoms with Crippen molar-refractivity contribution in [1.29, 1.82) is 0 Å². The van der Waals surface area contributed by atoms with Crippen LogP contribution in [0, 0.1) is 0 Å². The van der Waals surface area contributed by atoms with Crippen molar-refractivity contribution in [3.8, 4) is 0 Å². The number of carboxylic acids is 2. The zero-order valence-electron chi connectivity index (χ0n) is 8.35. The van der Waals surface area contributed by atoms with Crippen LogP contribution in [0.5, 0.6) is 0 Å². The first-order chi connectivity index (χ1) is 7.99.